The Morgan fingerprint density at radius 1 is 1.47 bits per heavy atom. The molecule has 0 spiro atoms. The van der Waals surface area contributed by atoms with Crippen molar-refractivity contribution < 1.29 is 0 Å². The predicted octanol–water partition coefficient (Wildman–Crippen LogP) is 2.07. The Labute approximate surface area is 96.6 Å². The number of nitrogens with zero attached hydrogens (tertiary/aromatic N) is 1. The van der Waals surface area contributed by atoms with Crippen LogP contribution in [0.5, 0.6) is 0 Å². The van der Waals surface area contributed by atoms with E-state index >= 15 is 0 Å². The first kappa shape index (κ1) is 10.1. The highest BCUT2D eigenvalue weighted by Gasteiger charge is 1.99. The average molecular weight is 235 g/mol. The number of thiophene rings is 1. The van der Waals surface area contributed by atoms with Crippen molar-refractivity contribution in [1.29, 1.82) is 0 Å². The summed E-state index contributed by atoms with van der Waals surface area (Å²) in [5.41, 5.74) is 8.85. The molecule has 0 aliphatic rings. The smallest absolute Gasteiger partial charge is 0.184 e. The zero-order chi connectivity index (χ0) is 10.7. The summed E-state index contributed by atoms with van der Waals surface area (Å²) in [6.07, 6.45) is 1.72. The van der Waals surface area contributed by atoms with E-state index in [1.807, 2.05) is 12.1 Å². The van der Waals surface area contributed by atoms with Gasteiger partial charge in [0, 0.05) is 21.0 Å². The lowest BCUT2D eigenvalue weighted by atomic mass is 10.2. The van der Waals surface area contributed by atoms with Crippen molar-refractivity contribution in [1.82, 2.24) is 5.43 Å². The highest BCUT2D eigenvalue weighted by atomic mass is 32.1. The van der Waals surface area contributed by atoms with Crippen LogP contribution in [0.2, 0.25) is 0 Å². The van der Waals surface area contributed by atoms with Gasteiger partial charge in [-0.3, -0.25) is 5.43 Å². The van der Waals surface area contributed by atoms with Crippen LogP contribution >= 0.6 is 23.6 Å². The molecule has 0 saturated heterocycles. The number of fused-ring (bicyclic) bond motifs is 1. The molecule has 76 valence electrons. The summed E-state index contributed by atoms with van der Waals surface area (Å²) in [7, 11) is 0. The number of nitrogens with one attached hydrogen (secondary N) is 1. The van der Waals surface area contributed by atoms with Gasteiger partial charge in [0.1, 0.15) is 0 Å². The van der Waals surface area contributed by atoms with Gasteiger partial charge in [0.25, 0.3) is 0 Å². The Morgan fingerprint density at radius 2 is 2.27 bits per heavy atom. The van der Waals surface area contributed by atoms with Gasteiger partial charge in [-0.1, -0.05) is 18.2 Å². The molecule has 0 radical (unpaired) electrons. The van der Waals surface area contributed by atoms with E-state index in [0.717, 1.165) is 5.56 Å². The van der Waals surface area contributed by atoms with E-state index in [-0.39, 0.29) is 5.11 Å². The summed E-state index contributed by atoms with van der Waals surface area (Å²) < 4.78 is 1.24. The van der Waals surface area contributed by atoms with Crippen molar-refractivity contribution >= 4 is 45.0 Å². The number of rotatable bonds is 2. The zero-order valence-corrected chi connectivity index (χ0v) is 9.44. The van der Waals surface area contributed by atoms with Crippen LogP contribution in [0, 0.1) is 0 Å². The molecule has 0 unspecified atom stereocenters. The van der Waals surface area contributed by atoms with Gasteiger partial charge in [-0.2, -0.15) is 5.10 Å². The standard InChI is InChI=1S/C10H9N3S2/c11-10(14)13-12-5-7-6-15-9-4-2-1-3-8(7)9/h1-6H,(H3,11,13,14). The largest absolute Gasteiger partial charge is 0.375 e. The molecule has 0 aliphatic carbocycles. The van der Waals surface area contributed by atoms with Crippen LogP contribution in [-0.4, -0.2) is 11.3 Å². The Morgan fingerprint density at radius 3 is 3.07 bits per heavy atom. The fraction of sp³-hybridized carbons (Fsp3) is 0. The second-order valence-electron chi connectivity index (χ2n) is 2.92. The minimum atomic E-state index is 0.172. The molecule has 3 nitrogen and oxygen atoms in total. The molecule has 15 heavy (non-hydrogen) atoms. The van der Waals surface area contributed by atoms with E-state index in [1.165, 1.54) is 10.1 Å². The second-order valence-corrected chi connectivity index (χ2v) is 4.27. The molecule has 1 aromatic heterocycles. The highest BCUT2D eigenvalue weighted by molar-refractivity contribution is 7.80. The lowest BCUT2D eigenvalue weighted by Gasteiger charge is -1.93. The third-order valence-corrected chi connectivity index (χ3v) is 2.96. The minimum Gasteiger partial charge on any atom is -0.375 e. The number of hydrogen-bond acceptors (Lipinski definition) is 3. The van der Waals surface area contributed by atoms with Crippen molar-refractivity contribution in [3.63, 3.8) is 0 Å². The SMILES string of the molecule is NC(=S)NN=Cc1csc2ccccc12. The van der Waals surface area contributed by atoms with E-state index in [1.54, 1.807) is 17.6 Å². The Bertz CT molecular complexity index is 516. The van der Waals surface area contributed by atoms with Crippen LogP contribution < -0.4 is 11.2 Å². The van der Waals surface area contributed by atoms with E-state index < -0.39 is 0 Å². The summed E-state index contributed by atoms with van der Waals surface area (Å²) in [6.45, 7) is 0. The summed E-state index contributed by atoms with van der Waals surface area (Å²) in [6, 6.07) is 8.17. The molecule has 0 fully saturated rings. The molecule has 0 aliphatic heterocycles. The first-order valence-corrected chi connectivity index (χ1v) is 5.61. The lowest BCUT2D eigenvalue weighted by Crippen LogP contribution is -2.23. The van der Waals surface area contributed by atoms with Gasteiger partial charge in [0.05, 0.1) is 6.21 Å². The third kappa shape index (κ3) is 2.31. The first-order valence-electron chi connectivity index (χ1n) is 4.32. The van der Waals surface area contributed by atoms with Crippen molar-refractivity contribution in [2.45, 2.75) is 0 Å². The van der Waals surface area contributed by atoms with Crippen LogP contribution in [0.25, 0.3) is 10.1 Å². The first-order chi connectivity index (χ1) is 7.27. The monoisotopic (exact) mass is 235 g/mol. The van der Waals surface area contributed by atoms with Gasteiger partial charge >= 0.3 is 0 Å². The molecule has 0 bridgehead atoms. The molecule has 1 heterocycles. The Kier molecular flexibility index (Phi) is 2.94. The summed E-state index contributed by atoms with van der Waals surface area (Å²) in [5, 5.41) is 7.34. The number of nitrogens with two attached hydrogens (primary N) is 1. The summed E-state index contributed by atoms with van der Waals surface area (Å²) in [4.78, 5) is 0. The van der Waals surface area contributed by atoms with Gasteiger partial charge in [-0.25, -0.2) is 0 Å². The molecule has 0 atom stereocenters. The van der Waals surface area contributed by atoms with Crippen molar-refractivity contribution in [3.8, 4) is 0 Å². The van der Waals surface area contributed by atoms with E-state index in [9.17, 15) is 0 Å². The summed E-state index contributed by atoms with van der Waals surface area (Å²) in [5.74, 6) is 0. The Hall–Kier alpha value is -1.46. The molecule has 2 aromatic rings. The van der Waals surface area contributed by atoms with Crippen molar-refractivity contribution in [3.05, 3.63) is 35.2 Å². The van der Waals surface area contributed by atoms with E-state index in [2.05, 4.69) is 40.3 Å². The normalized spacial score (nSPS) is 10.9. The lowest BCUT2D eigenvalue weighted by molar-refractivity contribution is 1.04. The van der Waals surface area contributed by atoms with Gasteiger partial charge in [0.15, 0.2) is 5.11 Å². The van der Waals surface area contributed by atoms with Crippen molar-refractivity contribution in [2.75, 3.05) is 0 Å². The van der Waals surface area contributed by atoms with E-state index in [0.29, 0.717) is 0 Å². The van der Waals surface area contributed by atoms with Crippen LogP contribution in [0.15, 0.2) is 34.7 Å². The van der Waals surface area contributed by atoms with Crippen LogP contribution in [-0.2, 0) is 0 Å². The maximum absolute atomic E-state index is 5.25. The second kappa shape index (κ2) is 4.37. The van der Waals surface area contributed by atoms with Crippen molar-refractivity contribution in [2.24, 2.45) is 10.8 Å². The summed E-state index contributed by atoms with van der Waals surface area (Å²) >= 11 is 6.33. The number of hydrogen-bond donors (Lipinski definition) is 2. The van der Waals surface area contributed by atoms with Gasteiger partial charge in [-0.05, 0) is 18.3 Å². The third-order valence-electron chi connectivity index (χ3n) is 1.89. The fourth-order valence-corrected chi connectivity index (χ4v) is 2.23. The fourth-order valence-electron chi connectivity index (χ4n) is 1.26. The number of benzene rings is 1. The number of thiocarbonyl (C=S) groups is 1. The predicted molar refractivity (Wildman–Crippen MR) is 69.3 cm³/mol. The average Bonchev–Trinajstić information content (AvgIpc) is 2.62. The Balaban J connectivity index is 2.28. The molecule has 0 saturated carbocycles. The molecule has 5 heteroatoms. The maximum Gasteiger partial charge on any atom is 0.184 e. The minimum absolute atomic E-state index is 0.172. The molecule has 2 rings (SSSR count). The van der Waals surface area contributed by atoms with Crippen LogP contribution in [0.4, 0.5) is 0 Å². The molecule has 3 N–H and O–H groups in total. The highest BCUT2D eigenvalue weighted by Crippen LogP contribution is 2.23. The quantitative estimate of drug-likeness (QED) is 0.476. The van der Waals surface area contributed by atoms with Crippen LogP contribution in [0.3, 0.4) is 0 Å². The van der Waals surface area contributed by atoms with Gasteiger partial charge in [0.2, 0.25) is 0 Å². The van der Waals surface area contributed by atoms with E-state index in [4.69, 9.17) is 5.73 Å². The van der Waals surface area contributed by atoms with Gasteiger partial charge < -0.3 is 5.73 Å². The molecular formula is C10H9N3S2. The topological polar surface area (TPSA) is 50.4 Å². The molecular weight excluding hydrogens is 226 g/mol. The molecule has 0 amide bonds. The molecule has 1 aromatic carbocycles. The van der Waals surface area contributed by atoms with Gasteiger partial charge in [-0.15, -0.1) is 11.3 Å². The number of hydrazone groups is 1. The zero-order valence-electron chi connectivity index (χ0n) is 7.81. The van der Waals surface area contributed by atoms with Crippen LogP contribution in [0.1, 0.15) is 5.56 Å². The maximum atomic E-state index is 5.25.